The quantitative estimate of drug-likeness (QED) is 0.222. The monoisotopic (exact) mass is 515 g/mol. The molecule has 0 fully saturated rings. The van der Waals surface area contributed by atoms with Gasteiger partial charge in [-0.2, -0.15) is 5.10 Å². The number of rotatable bonds is 5. The van der Waals surface area contributed by atoms with Crippen LogP contribution < -0.4 is 10.9 Å². The lowest BCUT2D eigenvalue weighted by molar-refractivity contribution is 0.0955. The summed E-state index contributed by atoms with van der Waals surface area (Å²) < 4.78 is 32.3. The third-order valence-corrected chi connectivity index (χ3v) is 5.75. The number of nitrogens with zero attached hydrogens (tertiary/aromatic N) is 2. The molecule has 1 N–H and O–H groups in total. The zero-order chi connectivity index (χ0) is 25.9. The Bertz CT molecular complexity index is 1650. The van der Waals surface area contributed by atoms with Gasteiger partial charge in [-0.1, -0.05) is 23.7 Å². The van der Waals surface area contributed by atoms with E-state index < -0.39 is 23.0 Å². The van der Waals surface area contributed by atoms with Crippen LogP contribution in [0.4, 0.5) is 8.78 Å². The molecule has 5 aromatic rings. The van der Waals surface area contributed by atoms with E-state index in [1.165, 1.54) is 30.5 Å². The largest absolute Gasteiger partial charge is 0.463 e. The van der Waals surface area contributed by atoms with Crippen molar-refractivity contribution < 1.29 is 18.0 Å². The van der Waals surface area contributed by atoms with Gasteiger partial charge in [0.25, 0.3) is 5.91 Å². The lowest BCUT2D eigenvalue weighted by atomic mass is 10.0. The lowest BCUT2D eigenvalue weighted by Crippen LogP contribution is -2.19. The van der Waals surface area contributed by atoms with Gasteiger partial charge in [-0.3, -0.25) is 9.59 Å². The van der Waals surface area contributed by atoms with Gasteiger partial charge in [0.15, 0.2) is 0 Å². The summed E-state index contributed by atoms with van der Waals surface area (Å²) in [6, 6.07) is 19.4. The van der Waals surface area contributed by atoms with Crippen LogP contribution in [0.1, 0.15) is 15.9 Å². The van der Waals surface area contributed by atoms with Gasteiger partial charge in [0.2, 0.25) is 5.43 Å². The maximum atomic E-state index is 13.5. The van der Waals surface area contributed by atoms with Crippen LogP contribution in [-0.2, 0) is 0 Å². The summed E-state index contributed by atoms with van der Waals surface area (Å²) >= 11 is 6.00. The Morgan fingerprint density at radius 2 is 1.51 bits per heavy atom. The normalized spacial score (nSPS) is 11.2. The van der Waals surface area contributed by atoms with E-state index in [0.717, 1.165) is 12.3 Å². The summed E-state index contributed by atoms with van der Waals surface area (Å²) in [7, 11) is 0. The Hall–Kier alpha value is -4.69. The minimum absolute atomic E-state index is 0.0296. The fraction of sp³-hybridized carbons (Fsp3) is 0. The first-order valence-electron chi connectivity index (χ1n) is 11.0. The van der Waals surface area contributed by atoms with E-state index in [9.17, 15) is 18.4 Å². The summed E-state index contributed by atoms with van der Waals surface area (Å²) in [5.41, 5.74) is 4.62. The third kappa shape index (κ3) is 5.29. The van der Waals surface area contributed by atoms with E-state index in [0.29, 0.717) is 27.5 Å². The highest BCUT2D eigenvalue weighted by Gasteiger charge is 2.13. The average Bonchev–Trinajstić information content (AvgIpc) is 2.91. The molecule has 6 nitrogen and oxygen atoms in total. The summed E-state index contributed by atoms with van der Waals surface area (Å²) in [5.74, 6) is -1.55. The van der Waals surface area contributed by atoms with Gasteiger partial charge in [0, 0.05) is 21.7 Å². The number of hydrogen-bond acceptors (Lipinski definition) is 5. The Balaban J connectivity index is 1.46. The third-order valence-electron chi connectivity index (χ3n) is 5.50. The predicted octanol–water partition coefficient (Wildman–Crippen LogP) is 6.22. The van der Waals surface area contributed by atoms with Crippen LogP contribution in [0, 0.1) is 11.6 Å². The summed E-state index contributed by atoms with van der Waals surface area (Å²) in [6.07, 6.45) is 2.30. The standard InChI is InChI=1S/C28H16ClF2N3O3/c29-20-5-1-16(2-6-20)24-11-18(12-25(33-24)17-3-7-21(30)8-4-17)28(36)34-32-14-19-15-37-26-10-9-22(31)13-23(26)27(19)35/h1-15H,(H,34,36)/b32-14-. The number of aromatic nitrogens is 1. The summed E-state index contributed by atoms with van der Waals surface area (Å²) in [4.78, 5) is 30.2. The van der Waals surface area contributed by atoms with Gasteiger partial charge in [-0.25, -0.2) is 19.2 Å². The number of pyridine rings is 1. The summed E-state index contributed by atoms with van der Waals surface area (Å²) in [5, 5.41) is 4.47. The smallest absolute Gasteiger partial charge is 0.271 e. The van der Waals surface area contributed by atoms with Gasteiger partial charge in [-0.05, 0) is 66.7 Å². The molecule has 5 rings (SSSR count). The van der Waals surface area contributed by atoms with Crippen molar-refractivity contribution in [3.63, 3.8) is 0 Å². The fourth-order valence-corrected chi connectivity index (χ4v) is 3.76. The number of benzene rings is 3. The maximum Gasteiger partial charge on any atom is 0.271 e. The molecule has 0 aliphatic rings. The Kier molecular flexibility index (Phi) is 6.57. The molecule has 0 bridgehead atoms. The van der Waals surface area contributed by atoms with Crippen molar-refractivity contribution in [2.75, 3.05) is 0 Å². The van der Waals surface area contributed by atoms with Gasteiger partial charge < -0.3 is 4.42 Å². The van der Waals surface area contributed by atoms with Gasteiger partial charge >= 0.3 is 0 Å². The first-order chi connectivity index (χ1) is 17.9. The first kappa shape index (κ1) is 24.0. The molecular weight excluding hydrogens is 500 g/mol. The highest BCUT2D eigenvalue weighted by molar-refractivity contribution is 6.30. The van der Waals surface area contributed by atoms with Gasteiger partial charge in [-0.15, -0.1) is 0 Å². The molecule has 0 spiro atoms. The van der Waals surface area contributed by atoms with E-state index in [1.54, 1.807) is 48.5 Å². The van der Waals surface area contributed by atoms with Crippen molar-refractivity contribution in [2.24, 2.45) is 5.10 Å². The number of hydrogen-bond donors (Lipinski definition) is 1. The molecule has 9 heteroatoms. The number of carbonyl (C=O) groups excluding carboxylic acids is 1. The number of hydrazone groups is 1. The van der Waals surface area contributed by atoms with E-state index in [4.69, 9.17) is 16.0 Å². The maximum absolute atomic E-state index is 13.5. The Morgan fingerprint density at radius 3 is 2.19 bits per heavy atom. The topological polar surface area (TPSA) is 84.6 Å². The van der Waals surface area contributed by atoms with E-state index in [2.05, 4.69) is 15.5 Å². The summed E-state index contributed by atoms with van der Waals surface area (Å²) in [6.45, 7) is 0. The highest BCUT2D eigenvalue weighted by atomic mass is 35.5. The first-order valence-corrected chi connectivity index (χ1v) is 11.3. The van der Waals surface area contributed by atoms with Crippen molar-refractivity contribution in [3.8, 4) is 22.5 Å². The number of halogens is 3. The predicted molar refractivity (Wildman–Crippen MR) is 138 cm³/mol. The van der Waals surface area contributed by atoms with E-state index >= 15 is 0 Å². The average molecular weight is 516 g/mol. The molecule has 182 valence electrons. The van der Waals surface area contributed by atoms with Crippen LogP contribution in [0.15, 0.2) is 99.4 Å². The van der Waals surface area contributed by atoms with Crippen LogP contribution in [0.25, 0.3) is 33.5 Å². The molecule has 0 aliphatic carbocycles. The second-order valence-electron chi connectivity index (χ2n) is 8.00. The van der Waals surface area contributed by atoms with Crippen molar-refractivity contribution in [1.82, 2.24) is 10.4 Å². The second kappa shape index (κ2) is 10.1. The molecule has 2 heterocycles. The van der Waals surface area contributed by atoms with Crippen LogP contribution in [0.3, 0.4) is 0 Å². The van der Waals surface area contributed by atoms with Gasteiger partial charge in [0.1, 0.15) is 23.5 Å². The van der Waals surface area contributed by atoms with Crippen molar-refractivity contribution in [1.29, 1.82) is 0 Å². The Labute approximate surface area is 213 Å². The lowest BCUT2D eigenvalue weighted by Gasteiger charge is -2.09. The number of nitrogens with one attached hydrogen (secondary N) is 1. The van der Waals surface area contributed by atoms with Gasteiger partial charge in [0.05, 0.1) is 28.6 Å². The van der Waals surface area contributed by atoms with E-state index in [-0.39, 0.29) is 22.1 Å². The molecule has 1 amide bonds. The molecular formula is C28H16ClF2N3O3. The number of amides is 1. The zero-order valence-corrected chi connectivity index (χ0v) is 19.7. The molecule has 0 saturated carbocycles. The van der Waals surface area contributed by atoms with Crippen molar-refractivity contribution in [3.05, 3.63) is 123 Å². The van der Waals surface area contributed by atoms with Crippen LogP contribution in [0.5, 0.6) is 0 Å². The fourth-order valence-electron chi connectivity index (χ4n) is 3.63. The Morgan fingerprint density at radius 1 is 0.892 bits per heavy atom. The highest BCUT2D eigenvalue weighted by Crippen LogP contribution is 2.26. The zero-order valence-electron chi connectivity index (χ0n) is 18.9. The van der Waals surface area contributed by atoms with Crippen molar-refractivity contribution >= 4 is 34.7 Å². The molecule has 0 aliphatic heterocycles. The van der Waals surface area contributed by atoms with E-state index in [1.807, 2.05) is 0 Å². The van der Waals surface area contributed by atoms with Crippen LogP contribution >= 0.6 is 11.6 Å². The molecule has 2 aromatic heterocycles. The molecule has 0 saturated heterocycles. The number of carbonyl (C=O) groups is 1. The molecule has 0 radical (unpaired) electrons. The molecule has 0 unspecified atom stereocenters. The minimum Gasteiger partial charge on any atom is -0.463 e. The molecule has 0 atom stereocenters. The molecule has 37 heavy (non-hydrogen) atoms. The molecule has 3 aromatic carbocycles. The van der Waals surface area contributed by atoms with Crippen LogP contribution in [-0.4, -0.2) is 17.1 Å². The number of fused-ring (bicyclic) bond motifs is 1. The minimum atomic E-state index is -0.576. The SMILES string of the molecule is O=C(N/N=C\c1coc2ccc(F)cc2c1=O)c1cc(-c2ccc(F)cc2)nc(-c2ccc(Cl)cc2)c1. The second-order valence-corrected chi connectivity index (χ2v) is 8.44. The van der Waals surface area contributed by atoms with Crippen molar-refractivity contribution in [2.45, 2.75) is 0 Å². The van der Waals surface area contributed by atoms with Crippen LogP contribution in [0.2, 0.25) is 5.02 Å².